The molecule has 0 unspecified atom stereocenters. The van der Waals surface area contributed by atoms with Crippen LogP contribution in [0.5, 0.6) is 0 Å². The third-order valence-corrected chi connectivity index (χ3v) is 15.0. The Morgan fingerprint density at radius 1 is 0.304 bits per heavy atom. The molecule has 4 nitrogen and oxygen atoms in total. The Morgan fingerprint density at radius 3 is 1.59 bits per heavy atom. The molecule has 0 N–H and O–H groups in total. The molecule has 0 aliphatic carbocycles. The van der Waals surface area contributed by atoms with Crippen LogP contribution in [0, 0.1) is 0 Å². The van der Waals surface area contributed by atoms with Crippen molar-refractivity contribution in [3.63, 3.8) is 0 Å². The topological polar surface area (TPSA) is 35.9 Å². The minimum absolute atomic E-state index is 0.859. The van der Waals surface area contributed by atoms with Crippen LogP contribution in [0.25, 0.3) is 153 Å². The van der Waals surface area contributed by atoms with Gasteiger partial charge in [0, 0.05) is 59.4 Å². The van der Waals surface area contributed by atoms with Crippen molar-refractivity contribution < 1.29 is 4.42 Å². The van der Waals surface area contributed by atoms with E-state index in [1.54, 1.807) is 0 Å². The van der Waals surface area contributed by atoms with Crippen molar-refractivity contribution in [2.24, 2.45) is 0 Å². The van der Waals surface area contributed by atoms with Crippen LogP contribution in [0.2, 0.25) is 0 Å². The van der Waals surface area contributed by atoms with Crippen LogP contribution in [0.1, 0.15) is 0 Å². The van der Waals surface area contributed by atoms with Crippen LogP contribution in [0.4, 0.5) is 0 Å². The number of furan rings is 1. The Morgan fingerprint density at radius 2 is 0.870 bits per heavy atom. The zero-order valence-corrected chi connectivity index (χ0v) is 37.1. The molecule has 69 heavy (non-hydrogen) atoms. The summed E-state index contributed by atoms with van der Waals surface area (Å²) < 4.78 is 11.9. The number of hydrogen-bond acceptors (Lipinski definition) is 2. The van der Waals surface area contributed by atoms with Gasteiger partial charge in [-0.15, -0.1) is 0 Å². The molecule has 0 amide bonds. The Bertz CT molecular complexity index is 4820. The first-order chi connectivity index (χ1) is 34.2. The van der Waals surface area contributed by atoms with Crippen LogP contribution >= 0.6 is 0 Å². The summed E-state index contributed by atoms with van der Waals surface area (Å²) in [7, 11) is 0. The summed E-state index contributed by atoms with van der Waals surface area (Å²) in [5.41, 5.74) is 13.9. The van der Waals surface area contributed by atoms with Gasteiger partial charge in [-0.25, -0.2) is 4.98 Å². The third kappa shape index (κ3) is 5.04. The fourth-order valence-corrected chi connectivity index (χ4v) is 12.0. The average molecular weight is 876 g/mol. The summed E-state index contributed by atoms with van der Waals surface area (Å²) in [4.78, 5) is 5.39. The van der Waals surface area contributed by atoms with E-state index in [0.29, 0.717) is 0 Å². The zero-order valence-electron chi connectivity index (χ0n) is 37.1. The molecule has 0 spiro atoms. The second-order valence-electron chi connectivity index (χ2n) is 18.6. The number of nitrogens with zero attached hydrogens (tertiary/aromatic N) is 3. The molecule has 16 aromatic rings. The predicted octanol–water partition coefficient (Wildman–Crippen LogP) is 17.7. The predicted molar refractivity (Wildman–Crippen MR) is 290 cm³/mol. The molecule has 0 atom stereocenters. The summed E-state index contributed by atoms with van der Waals surface area (Å²) in [5.74, 6) is 0. The van der Waals surface area contributed by atoms with Crippen LogP contribution < -0.4 is 0 Å². The van der Waals surface area contributed by atoms with E-state index in [2.05, 4.69) is 234 Å². The van der Waals surface area contributed by atoms with E-state index in [0.717, 1.165) is 71.6 Å². The number of rotatable bonds is 4. The molecule has 0 radical (unpaired) electrons. The first kappa shape index (κ1) is 36.9. The van der Waals surface area contributed by atoms with Gasteiger partial charge in [0.2, 0.25) is 0 Å². The molecule has 4 aromatic heterocycles. The number of pyridine rings is 1. The van der Waals surface area contributed by atoms with Crippen LogP contribution in [-0.2, 0) is 0 Å². The van der Waals surface area contributed by atoms with Gasteiger partial charge in [-0.2, -0.15) is 0 Å². The lowest BCUT2D eigenvalue weighted by molar-refractivity contribution is 0.666. The average Bonchev–Trinajstić information content (AvgIpc) is 4.08. The Hall–Kier alpha value is -9.25. The Kier molecular flexibility index (Phi) is 7.31. The molecule has 0 fully saturated rings. The maximum atomic E-state index is 7.02. The van der Waals surface area contributed by atoms with E-state index >= 15 is 0 Å². The second kappa shape index (κ2) is 13.7. The van der Waals surface area contributed by atoms with Gasteiger partial charge in [0.25, 0.3) is 0 Å². The maximum absolute atomic E-state index is 7.02. The maximum Gasteiger partial charge on any atom is 0.160 e. The van der Waals surface area contributed by atoms with Gasteiger partial charge >= 0.3 is 0 Å². The van der Waals surface area contributed by atoms with Gasteiger partial charge in [-0.3, -0.25) is 0 Å². The molecule has 0 aliphatic heterocycles. The fraction of sp³-hybridized carbons (Fsp3) is 0. The first-order valence-corrected chi connectivity index (χ1v) is 23.7. The lowest BCUT2D eigenvalue weighted by Crippen LogP contribution is -1.97. The molecule has 0 bridgehead atoms. The minimum Gasteiger partial charge on any atom is -0.454 e. The Balaban J connectivity index is 0.929. The number of aromatic nitrogens is 3. The number of para-hydroxylation sites is 4. The van der Waals surface area contributed by atoms with Crippen LogP contribution in [0.3, 0.4) is 0 Å². The standard InChI is InChI=1S/C65H37N3O/c1-2-13-41(14-3-1)64-51-37-58(65-63(48-20-7-11-24-59(48)69-65)62(51)46-19-4-8-21-52(46)66-64)68-54-23-10-6-18-45(54)50-36-43(30-34-57(50)68)42-29-33-56-49(35-42)44-17-5-9-22-53(44)67(56)55-32-28-40-26-25-38-15-12-16-39-27-31-47(55)61(40)60(38)39/h1-37H. The molecule has 4 heteroatoms. The van der Waals surface area contributed by atoms with Crippen molar-refractivity contribution in [1.29, 1.82) is 0 Å². The molecular weight excluding hydrogens is 839 g/mol. The summed E-state index contributed by atoms with van der Waals surface area (Å²) in [6.45, 7) is 0. The third-order valence-electron chi connectivity index (χ3n) is 15.0. The van der Waals surface area contributed by atoms with Crippen LogP contribution in [0.15, 0.2) is 229 Å². The summed E-state index contributed by atoms with van der Waals surface area (Å²) in [5, 5.41) is 18.1. The fourth-order valence-electron chi connectivity index (χ4n) is 12.0. The van der Waals surface area contributed by atoms with Gasteiger partial charge in [0.1, 0.15) is 5.58 Å². The normalized spacial score (nSPS) is 12.3. The first-order valence-electron chi connectivity index (χ1n) is 23.7. The van der Waals surface area contributed by atoms with Gasteiger partial charge in [-0.1, -0.05) is 164 Å². The van der Waals surface area contributed by atoms with Gasteiger partial charge in [0.05, 0.1) is 44.7 Å². The quantitative estimate of drug-likeness (QED) is 0.165. The smallest absolute Gasteiger partial charge is 0.160 e. The van der Waals surface area contributed by atoms with Crippen molar-refractivity contribution in [3.05, 3.63) is 224 Å². The molecule has 16 rings (SSSR count). The number of fused-ring (bicyclic) bond motifs is 13. The van der Waals surface area contributed by atoms with Crippen molar-refractivity contribution in [3.8, 4) is 33.8 Å². The molecule has 12 aromatic carbocycles. The summed E-state index contributed by atoms with van der Waals surface area (Å²) in [6.07, 6.45) is 0. The minimum atomic E-state index is 0.859. The molecule has 0 saturated heterocycles. The monoisotopic (exact) mass is 875 g/mol. The molecule has 4 heterocycles. The largest absolute Gasteiger partial charge is 0.454 e. The lowest BCUT2D eigenvalue weighted by Gasteiger charge is -2.16. The van der Waals surface area contributed by atoms with Crippen molar-refractivity contribution in [2.45, 2.75) is 0 Å². The van der Waals surface area contributed by atoms with Crippen LogP contribution in [-0.4, -0.2) is 14.1 Å². The van der Waals surface area contributed by atoms with Crippen molar-refractivity contribution in [2.75, 3.05) is 0 Å². The van der Waals surface area contributed by atoms with E-state index in [4.69, 9.17) is 9.40 Å². The van der Waals surface area contributed by atoms with Gasteiger partial charge in [-0.05, 0) is 98.7 Å². The van der Waals surface area contributed by atoms with Gasteiger partial charge < -0.3 is 13.6 Å². The molecule has 0 aliphatic rings. The van der Waals surface area contributed by atoms with E-state index in [1.807, 2.05) is 0 Å². The number of hydrogen-bond donors (Lipinski definition) is 0. The molecule has 0 saturated carbocycles. The van der Waals surface area contributed by atoms with E-state index in [9.17, 15) is 0 Å². The second-order valence-corrected chi connectivity index (χ2v) is 18.6. The highest BCUT2D eigenvalue weighted by molar-refractivity contribution is 6.30. The SMILES string of the molecule is c1ccc(-c2nc3ccccc3c3c2cc(-n2c4ccccc4c4cc(-c5ccc6c(c5)c5ccccc5n6-c5ccc6ccc7cccc8ccc5c6c78)ccc42)c2oc4ccccc4c23)cc1. The summed E-state index contributed by atoms with van der Waals surface area (Å²) >= 11 is 0. The van der Waals surface area contributed by atoms with Gasteiger partial charge in [0.15, 0.2) is 5.58 Å². The van der Waals surface area contributed by atoms with E-state index < -0.39 is 0 Å². The molecule has 318 valence electrons. The lowest BCUT2D eigenvalue weighted by atomic mass is 9.93. The number of benzene rings is 12. The molecular formula is C65H37N3O. The highest BCUT2D eigenvalue weighted by atomic mass is 16.3. The highest BCUT2D eigenvalue weighted by Gasteiger charge is 2.24. The highest BCUT2D eigenvalue weighted by Crippen LogP contribution is 2.47. The van der Waals surface area contributed by atoms with Crippen molar-refractivity contribution in [1.82, 2.24) is 14.1 Å². The summed E-state index contributed by atoms with van der Waals surface area (Å²) in [6, 6.07) is 81.9. The zero-order chi connectivity index (χ0) is 44.9. The van der Waals surface area contributed by atoms with E-state index in [-0.39, 0.29) is 0 Å². The Labute approximate surface area is 394 Å². The van der Waals surface area contributed by atoms with Crippen molar-refractivity contribution >= 4 is 120 Å². The van der Waals surface area contributed by atoms with E-state index in [1.165, 1.54) is 81.7 Å².